The minimum atomic E-state index is -0.378. The molecule has 0 aliphatic rings. The first-order valence-corrected chi connectivity index (χ1v) is 8.51. The van der Waals surface area contributed by atoms with Crippen molar-refractivity contribution < 1.29 is 14.3 Å². The molecule has 0 aromatic heterocycles. The summed E-state index contributed by atoms with van der Waals surface area (Å²) in [6, 6.07) is 12.1. The molecule has 2 N–H and O–H groups in total. The van der Waals surface area contributed by atoms with Crippen molar-refractivity contribution in [2.24, 2.45) is 0 Å². The van der Waals surface area contributed by atoms with E-state index in [1.54, 1.807) is 31.4 Å². The normalized spacial score (nSPS) is 10.8. The number of hydrogen-bond donors (Lipinski definition) is 2. The maximum absolute atomic E-state index is 12.3. The molecular formula is C20H21ClN2O3. The van der Waals surface area contributed by atoms with Gasteiger partial charge >= 0.3 is 0 Å². The van der Waals surface area contributed by atoms with Gasteiger partial charge in [0.25, 0.3) is 5.91 Å². The van der Waals surface area contributed by atoms with Crippen LogP contribution in [-0.4, -0.2) is 25.0 Å². The second kappa shape index (κ2) is 9.06. The minimum absolute atomic E-state index is 0.0211. The molecule has 0 heterocycles. The largest absolute Gasteiger partial charge is 0.496 e. The van der Waals surface area contributed by atoms with E-state index in [1.807, 2.05) is 38.1 Å². The van der Waals surface area contributed by atoms with Crippen molar-refractivity contribution in [2.45, 2.75) is 19.9 Å². The highest BCUT2D eigenvalue weighted by atomic mass is 35.5. The van der Waals surface area contributed by atoms with Gasteiger partial charge in [-0.1, -0.05) is 29.8 Å². The van der Waals surface area contributed by atoms with E-state index in [0.717, 1.165) is 5.56 Å². The quantitative estimate of drug-likeness (QED) is 0.749. The minimum Gasteiger partial charge on any atom is -0.496 e. The fraction of sp³-hybridized carbons (Fsp3) is 0.200. The molecule has 5 nitrogen and oxygen atoms in total. The third-order valence-corrected chi connectivity index (χ3v) is 3.69. The van der Waals surface area contributed by atoms with Crippen LogP contribution in [0.2, 0.25) is 5.02 Å². The molecule has 136 valence electrons. The Bertz CT molecular complexity index is 832. The van der Waals surface area contributed by atoms with Crippen LogP contribution in [0.15, 0.2) is 48.5 Å². The van der Waals surface area contributed by atoms with Crippen LogP contribution in [0.25, 0.3) is 6.08 Å². The van der Waals surface area contributed by atoms with Crippen LogP contribution in [0.3, 0.4) is 0 Å². The molecule has 0 aliphatic carbocycles. The summed E-state index contributed by atoms with van der Waals surface area (Å²) in [6.07, 6.45) is 3.02. The standard InChI is InChI=1S/C20H21ClN2O3/c1-13(2)22-20(25)16-10-9-15(21)12-17(16)23-19(24)11-8-14-6-4-5-7-18(14)26-3/h4-13H,1-3H3,(H,22,25)(H,23,24)/b11-8+. The van der Waals surface area contributed by atoms with Gasteiger partial charge in [0.1, 0.15) is 5.75 Å². The number of benzene rings is 2. The van der Waals surface area contributed by atoms with Gasteiger partial charge in [-0.05, 0) is 44.2 Å². The number of amides is 2. The Balaban J connectivity index is 2.19. The average Bonchev–Trinajstić information content (AvgIpc) is 2.59. The van der Waals surface area contributed by atoms with Gasteiger partial charge < -0.3 is 15.4 Å². The van der Waals surface area contributed by atoms with Crippen LogP contribution in [0, 0.1) is 0 Å². The Labute approximate surface area is 158 Å². The van der Waals surface area contributed by atoms with Gasteiger partial charge in [0, 0.05) is 22.7 Å². The molecule has 0 saturated heterocycles. The van der Waals surface area contributed by atoms with Crippen LogP contribution >= 0.6 is 11.6 Å². The van der Waals surface area contributed by atoms with Crippen molar-refractivity contribution in [3.8, 4) is 5.75 Å². The molecule has 0 fully saturated rings. The fourth-order valence-electron chi connectivity index (χ4n) is 2.30. The maximum atomic E-state index is 12.3. The van der Waals surface area contributed by atoms with Gasteiger partial charge in [-0.2, -0.15) is 0 Å². The smallest absolute Gasteiger partial charge is 0.253 e. The molecule has 2 aromatic rings. The number of ether oxygens (including phenoxy) is 1. The van der Waals surface area contributed by atoms with Gasteiger partial charge in [-0.25, -0.2) is 0 Å². The Morgan fingerprint density at radius 3 is 2.58 bits per heavy atom. The number of hydrogen-bond acceptors (Lipinski definition) is 3. The predicted octanol–water partition coefficient (Wildman–Crippen LogP) is 4.14. The summed E-state index contributed by atoms with van der Waals surface area (Å²) in [5.41, 5.74) is 1.47. The molecule has 0 radical (unpaired) electrons. The second-order valence-corrected chi connectivity index (χ2v) is 6.32. The van der Waals surface area contributed by atoms with E-state index in [2.05, 4.69) is 10.6 Å². The number of rotatable bonds is 6. The van der Waals surface area contributed by atoms with Crippen LogP contribution in [-0.2, 0) is 4.79 Å². The average molecular weight is 373 g/mol. The van der Waals surface area contributed by atoms with Crippen molar-refractivity contribution in [3.05, 3.63) is 64.7 Å². The number of methoxy groups -OCH3 is 1. The zero-order chi connectivity index (χ0) is 19.1. The van der Waals surface area contributed by atoms with Crippen LogP contribution < -0.4 is 15.4 Å². The fourth-order valence-corrected chi connectivity index (χ4v) is 2.47. The number of carbonyl (C=O) groups excluding carboxylic acids is 2. The highest BCUT2D eigenvalue weighted by Gasteiger charge is 2.14. The molecule has 6 heteroatoms. The molecule has 0 saturated carbocycles. The van der Waals surface area contributed by atoms with Crippen molar-refractivity contribution >= 4 is 35.2 Å². The maximum Gasteiger partial charge on any atom is 0.253 e. The van der Waals surface area contributed by atoms with Gasteiger partial charge in [0.15, 0.2) is 0 Å². The van der Waals surface area contributed by atoms with Gasteiger partial charge in [-0.15, -0.1) is 0 Å². The number of nitrogens with one attached hydrogen (secondary N) is 2. The highest BCUT2D eigenvalue weighted by molar-refractivity contribution is 6.31. The lowest BCUT2D eigenvalue weighted by molar-refractivity contribution is -0.111. The van der Waals surface area contributed by atoms with E-state index in [4.69, 9.17) is 16.3 Å². The summed E-state index contributed by atoms with van der Waals surface area (Å²) >= 11 is 6.01. The lowest BCUT2D eigenvalue weighted by atomic mass is 10.1. The van der Waals surface area contributed by atoms with Gasteiger partial charge in [0.2, 0.25) is 5.91 Å². The molecule has 26 heavy (non-hydrogen) atoms. The Kier molecular flexibility index (Phi) is 6.81. The number of halogens is 1. The summed E-state index contributed by atoms with van der Waals surface area (Å²) in [7, 11) is 1.57. The first kappa shape index (κ1) is 19.5. The summed E-state index contributed by atoms with van der Waals surface area (Å²) in [6.45, 7) is 3.73. The van der Waals surface area contributed by atoms with Gasteiger partial charge in [-0.3, -0.25) is 9.59 Å². The Morgan fingerprint density at radius 1 is 1.15 bits per heavy atom. The molecule has 2 rings (SSSR count). The summed E-state index contributed by atoms with van der Waals surface area (Å²) in [5.74, 6) is 0.00810. The first-order chi connectivity index (χ1) is 12.4. The van der Waals surface area contributed by atoms with E-state index in [9.17, 15) is 9.59 Å². The molecule has 0 aliphatic heterocycles. The van der Waals surface area contributed by atoms with Crippen LogP contribution in [0.1, 0.15) is 29.8 Å². The second-order valence-electron chi connectivity index (χ2n) is 5.88. The predicted molar refractivity (Wildman–Crippen MR) is 105 cm³/mol. The van der Waals surface area contributed by atoms with E-state index < -0.39 is 0 Å². The van der Waals surface area contributed by atoms with Crippen molar-refractivity contribution in [1.82, 2.24) is 5.32 Å². The molecule has 0 unspecified atom stereocenters. The van der Waals surface area contributed by atoms with E-state index in [-0.39, 0.29) is 17.9 Å². The van der Waals surface area contributed by atoms with E-state index >= 15 is 0 Å². The number of para-hydroxylation sites is 1. The number of anilines is 1. The lowest BCUT2D eigenvalue weighted by Crippen LogP contribution is -2.31. The highest BCUT2D eigenvalue weighted by Crippen LogP contribution is 2.22. The molecular weight excluding hydrogens is 352 g/mol. The monoisotopic (exact) mass is 372 g/mol. The first-order valence-electron chi connectivity index (χ1n) is 8.13. The zero-order valence-electron chi connectivity index (χ0n) is 14.9. The molecule has 2 amide bonds. The van der Waals surface area contributed by atoms with Crippen molar-refractivity contribution in [3.63, 3.8) is 0 Å². The molecule has 0 atom stereocenters. The Hall–Kier alpha value is -2.79. The third-order valence-electron chi connectivity index (χ3n) is 3.46. The summed E-state index contributed by atoms with van der Waals surface area (Å²) in [5, 5.41) is 5.92. The van der Waals surface area contributed by atoms with Crippen LogP contribution in [0.5, 0.6) is 5.75 Å². The number of carbonyl (C=O) groups is 2. The summed E-state index contributed by atoms with van der Waals surface area (Å²) < 4.78 is 5.25. The lowest BCUT2D eigenvalue weighted by Gasteiger charge is -2.13. The molecule has 0 bridgehead atoms. The summed E-state index contributed by atoms with van der Waals surface area (Å²) in [4.78, 5) is 24.6. The van der Waals surface area contributed by atoms with Gasteiger partial charge in [0.05, 0.1) is 18.4 Å². The van der Waals surface area contributed by atoms with E-state index in [0.29, 0.717) is 22.0 Å². The SMILES string of the molecule is COc1ccccc1/C=C/C(=O)Nc1cc(Cl)ccc1C(=O)NC(C)C. The topological polar surface area (TPSA) is 67.4 Å². The zero-order valence-corrected chi connectivity index (χ0v) is 15.6. The molecule has 0 spiro atoms. The van der Waals surface area contributed by atoms with Crippen molar-refractivity contribution in [1.29, 1.82) is 0 Å². The van der Waals surface area contributed by atoms with E-state index in [1.165, 1.54) is 6.08 Å². The van der Waals surface area contributed by atoms with Crippen LogP contribution in [0.4, 0.5) is 5.69 Å². The molecule has 2 aromatic carbocycles. The Morgan fingerprint density at radius 2 is 1.88 bits per heavy atom. The third kappa shape index (κ3) is 5.36. The van der Waals surface area contributed by atoms with Crippen molar-refractivity contribution in [2.75, 3.05) is 12.4 Å².